The second-order valence-corrected chi connectivity index (χ2v) is 5.67. The quantitative estimate of drug-likeness (QED) is 0.849. The first-order chi connectivity index (χ1) is 9.29. The minimum absolute atomic E-state index is 0.0969. The van der Waals surface area contributed by atoms with Crippen molar-refractivity contribution in [3.8, 4) is 0 Å². The Kier molecular flexibility index (Phi) is 5.49. The predicted octanol–water partition coefficient (Wildman–Crippen LogP) is 3.64. The Morgan fingerprint density at radius 1 is 1.26 bits per heavy atom. The lowest BCUT2D eigenvalue weighted by atomic mass is 9.87. The molecule has 1 aliphatic carbocycles. The van der Waals surface area contributed by atoms with E-state index < -0.39 is 0 Å². The molecule has 2 rings (SSSR count). The molecular formula is C16H26N2O. The van der Waals surface area contributed by atoms with Gasteiger partial charge in [0.05, 0.1) is 5.69 Å². The van der Waals surface area contributed by atoms with Crippen LogP contribution in [0.4, 0.5) is 5.69 Å². The summed E-state index contributed by atoms with van der Waals surface area (Å²) in [6.07, 6.45) is 11.2. The monoisotopic (exact) mass is 262 g/mol. The lowest BCUT2D eigenvalue weighted by molar-refractivity contribution is 0.345. The molecule has 1 aromatic heterocycles. The van der Waals surface area contributed by atoms with Crippen LogP contribution >= 0.6 is 0 Å². The topological polar surface area (TPSA) is 34.0 Å². The SMILES string of the molecule is CCCn1cc(NCCC2CCCCC2)ccc1=O. The molecule has 1 fully saturated rings. The molecule has 0 bridgehead atoms. The zero-order chi connectivity index (χ0) is 13.5. The molecule has 0 saturated heterocycles. The molecule has 1 heterocycles. The number of rotatable bonds is 6. The van der Waals surface area contributed by atoms with Crippen LogP contribution in [0.2, 0.25) is 0 Å². The molecule has 0 unspecified atom stereocenters. The first-order valence-electron chi connectivity index (χ1n) is 7.74. The van der Waals surface area contributed by atoms with E-state index in [9.17, 15) is 4.79 Å². The van der Waals surface area contributed by atoms with Crippen molar-refractivity contribution >= 4 is 5.69 Å². The third-order valence-corrected chi connectivity index (χ3v) is 4.05. The average Bonchev–Trinajstić information content (AvgIpc) is 2.44. The van der Waals surface area contributed by atoms with E-state index in [1.165, 1.54) is 38.5 Å². The van der Waals surface area contributed by atoms with Crippen LogP contribution in [-0.2, 0) is 6.54 Å². The first-order valence-corrected chi connectivity index (χ1v) is 7.74. The maximum atomic E-state index is 11.6. The van der Waals surface area contributed by atoms with Gasteiger partial charge in [-0.1, -0.05) is 39.0 Å². The van der Waals surface area contributed by atoms with Gasteiger partial charge in [-0.15, -0.1) is 0 Å². The van der Waals surface area contributed by atoms with E-state index >= 15 is 0 Å². The first kappa shape index (κ1) is 14.2. The average molecular weight is 262 g/mol. The summed E-state index contributed by atoms with van der Waals surface area (Å²) in [7, 11) is 0. The van der Waals surface area contributed by atoms with Crippen LogP contribution in [0, 0.1) is 5.92 Å². The lowest BCUT2D eigenvalue weighted by Crippen LogP contribution is -2.19. The molecule has 106 valence electrons. The molecular weight excluding hydrogens is 236 g/mol. The summed E-state index contributed by atoms with van der Waals surface area (Å²) in [6, 6.07) is 3.56. The van der Waals surface area contributed by atoms with Gasteiger partial charge >= 0.3 is 0 Å². The van der Waals surface area contributed by atoms with E-state index in [1.54, 1.807) is 10.6 Å². The molecule has 0 radical (unpaired) electrons. The van der Waals surface area contributed by atoms with Gasteiger partial charge in [0, 0.05) is 25.4 Å². The second-order valence-electron chi connectivity index (χ2n) is 5.67. The molecule has 1 N–H and O–H groups in total. The zero-order valence-corrected chi connectivity index (χ0v) is 12.0. The Balaban J connectivity index is 1.81. The Morgan fingerprint density at radius 3 is 2.79 bits per heavy atom. The Labute approximate surface area is 116 Å². The highest BCUT2D eigenvalue weighted by Gasteiger charge is 2.12. The third-order valence-electron chi connectivity index (χ3n) is 4.05. The summed E-state index contributed by atoms with van der Waals surface area (Å²) in [5.74, 6) is 0.905. The van der Waals surface area contributed by atoms with Crippen molar-refractivity contribution in [2.24, 2.45) is 5.92 Å². The van der Waals surface area contributed by atoms with E-state index in [2.05, 4.69) is 12.2 Å². The summed E-state index contributed by atoms with van der Waals surface area (Å²) in [5.41, 5.74) is 1.17. The highest BCUT2D eigenvalue weighted by molar-refractivity contribution is 5.40. The molecule has 0 aliphatic heterocycles. The van der Waals surface area contributed by atoms with Crippen molar-refractivity contribution in [2.75, 3.05) is 11.9 Å². The second kappa shape index (κ2) is 7.37. The number of aromatic nitrogens is 1. The van der Waals surface area contributed by atoms with Crippen LogP contribution in [0.1, 0.15) is 51.9 Å². The maximum absolute atomic E-state index is 11.6. The molecule has 0 atom stereocenters. The molecule has 0 spiro atoms. The van der Waals surface area contributed by atoms with E-state index in [4.69, 9.17) is 0 Å². The summed E-state index contributed by atoms with van der Waals surface area (Å²) in [6.45, 7) is 3.92. The summed E-state index contributed by atoms with van der Waals surface area (Å²) in [5, 5.41) is 3.46. The van der Waals surface area contributed by atoms with Crippen LogP contribution in [0.3, 0.4) is 0 Å². The van der Waals surface area contributed by atoms with Gasteiger partial charge in [0.15, 0.2) is 0 Å². The van der Waals surface area contributed by atoms with E-state index in [0.717, 1.165) is 31.1 Å². The Bertz CT molecular complexity index is 433. The molecule has 1 aliphatic rings. The number of pyridine rings is 1. The van der Waals surface area contributed by atoms with Crippen molar-refractivity contribution in [1.82, 2.24) is 4.57 Å². The number of hydrogen-bond acceptors (Lipinski definition) is 2. The molecule has 3 nitrogen and oxygen atoms in total. The van der Waals surface area contributed by atoms with Gasteiger partial charge in [0.2, 0.25) is 0 Å². The summed E-state index contributed by atoms with van der Waals surface area (Å²) >= 11 is 0. The number of aryl methyl sites for hydroxylation is 1. The highest BCUT2D eigenvalue weighted by atomic mass is 16.1. The van der Waals surface area contributed by atoms with Crippen molar-refractivity contribution in [2.45, 2.75) is 58.4 Å². The van der Waals surface area contributed by atoms with Crippen molar-refractivity contribution in [3.05, 3.63) is 28.7 Å². The fourth-order valence-electron chi connectivity index (χ4n) is 2.95. The Hall–Kier alpha value is -1.25. The fraction of sp³-hybridized carbons (Fsp3) is 0.688. The predicted molar refractivity (Wildman–Crippen MR) is 80.7 cm³/mol. The van der Waals surface area contributed by atoms with Crippen molar-refractivity contribution in [1.29, 1.82) is 0 Å². The van der Waals surface area contributed by atoms with Crippen LogP contribution in [0.15, 0.2) is 23.1 Å². The van der Waals surface area contributed by atoms with E-state index in [-0.39, 0.29) is 5.56 Å². The summed E-state index contributed by atoms with van der Waals surface area (Å²) < 4.78 is 1.79. The van der Waals surface area contributed by atoms with Gasteiger partial charge in [-0.2, -0.15) is 0 Å². The molecule has 1 saturated carbocycles. The lowest BCUT2D eigenvalue weighted by Gasteiger charge is -2.21. The molecule has 0 aromatic carbocycles. The van der Waals surface area contributed by atoms with Gasteiger partial charge in [-0.3, -0.25) is 4.79 Å². The van der Waals surface area contributed by atoms with Gasteiger partial charge in [0.25, 0.3) is 5.56 Å². The largest absolute Gasteiger partial charge is 0.384 e. The number of nitrogens with zero attached hydrogens (tertiary/aromatic N) is 1. The molecule has 3 heteroatoms. The molecule has 0 amide bonds. The normalized spacial score (nSPS) is 16.5. The van der Waals surface area contributed by atoms with Crippen LogP contribution in [0.5, 0.6) is 0 Å². The van der Waals surface area contributed by atoms with Gasteiger partial charge < -0.3 is 9.88 Å². The van der Waals surface area contributed by atoms with Crippen molar-refractivity contribution in [3.63, 3.8) is 0 Å². The van der Waals surface area contributed by atoms with Crippen LogP contribution < -0.4 is 10.9 Å². The van der Waals surface area contributed by atoms with Crippen molar-refractivity contribution < 1.29 is 0 Å². The minimum Gasteiger partial charge on any atom is -0.384 e. The number of nitrogens with one attached hydrogen (secondary N) is 1. The fourth-order valence-corrected chi connectivity index (χ4v) is 2.95. The van der Waals surface area contributed by atoms with E-state index in [1.807, 2.05) is 12.3 Å². The third kappa shape index (κ3) is 4.41. The maximum Gasteiger partial charge on any atom is 0.250 e. The Morgan fingerprint density at radius 2 is 2.05 bits per heavy atom. The molecule has 1 aromatic rings. The zero-order valence-electron chi connectivity index (χ0n) is 12.0. The van der Waals surface area contributed by atoms with Crippen LogP contribution in [-0.4, -0.2) is 11.1 Å². The van der Waals surface area contributed by atoms with E-state index in [0.29, 0.717) is 0 Å². The minimum atomic E-state index is 0.0969. The summed E-state index contributed by atoms with van der Waals surface area (Å²) in [4.78, 5) is 11.6. The number of anilines is 1. The van der Waals surface area contributed by atoms with Gasteiger partial charge in [-0.25, -0.2) is 0 Å². The highest BCUT2D eigenvalue weighted by Crippen LogP contribution is 2.26. The van der Waals surface area contributed by atoms with Gasteiger partial charge in [0.1, 0.15) is 0 Å². The van der Waals surface area contributed by atoms with Gasteiger partial charge in [-0.05, 0) is 24.8 Å². The standard InChI is InChI=1S/C16H26N2O/c1-2-12-18-13-15(8-9-16(18)19)17-11-10-14-6-4-3-5-7-14/h8-9,13-14,17H,2-7,10-12H2,1H3. The number of hydrogen-bond donors (Lipinski definition) is 1. The smallest absolute Gasteiger partial charge is 0.250 e. The molecule has 19 heavy (non-hydrogen) atoms. The van der Waals surface area contributed by atoms with Crippen LogP contribution in [0.25, 0.3) is 0 Å².